The first-order valence-corrected chi connectivity index (χ1v) is 6.75. The predicted octanol–water partition coefficient (Wildman–Crippen LogP) is 2.23. The average Bonchev–Trinajstić information content (AvgIpc) is 2.87. The van der Waals surface area contributed by atoms with Crippen LogP contribution in [0.1, 0.15) is 29.6 Å². The molecule has 21 heavy (non-hydrogen) atoms. The second kappa shape index (κ2) is 6.09. The first kappa shape index (κ1) is 15.2. The Morgan fingerprint density at radius 1 is 1.38 bits per heavy atom. The number of nitrogens with zero attached hydrogens (tertiary/aromatic N) is 1. The standard InChI is InChI=1S/C13H13ClN2O5/c14-9-5-4-7(6-11(9)16(20)21)12(17)15-10-3-1-2-8(10)13(18)19/h4-6,8,10H,1-3H2,(H,15,17)(H,18,19). The number of carboxylic acid groups (broad SMARTS) is 1. The molecule has 2 rings (SSSR count). The van der Waals surface area contributed by atoms with Crippen LogP contribution in [0.15, 0.2) is 18.2 Å². The van der Waals surface area contributed by atoms with Gasteiger partial charge < -0.3 is 10.4 Å². The Labute approximate surface area is 125 Å². The second-order valence-electron chi connectivity index (χ2n) is 4.88. The van der Waals surface area contributed by atoms with E-state index in [0.29, 0.717) is 12.8 Å². The van der Waals surface area contributed by atoms with Gasteiger partial charge in [-0.3, -0.25) is 19.7 Å². The minimum atomic E-state index is -0.945. The lowest BCUT2D eigenvalue weighted by atomic mass is 10.0. The topological polar surface area (TPSA) is 110 Å². The number of amides is 1. The largest absolute Gasteiger partial charge is 0.481 e. The fourth-order valence-corrected chi connectivity index (χ4v) is 2.66. The van der Waals surface area contributed by atoms with Crippen molar-refractivity contribution >= 4 is 29.2 Å². The molecule has 0 spiro atoms. The third-order valence-electron chi connectivity index (χ3n) is 3.55. The van der Waals surface area contributed by atoms with Crippen molar-refractivity contribution in [3.63, 3.8) is 0 Å². The van der Waals surface area contributed by atoms with Crippen molar-refractivity contribution in [2.45, 2.75) is 25.3 Å². The fraction of sp³-hybridized carbons (Fsp3) is 0.385. The van der Waals surface area contributed by atoms with E-state index in [1.165, 1.54) is 12.1 Å². The summed E-state index contributed by atoms with van der Waals surface area (Å²) in [6.45, 7) is 0. The highest BCUT2D eigenvalue weighted by Gasteiger charge is 2.34. The van der Waals surface area contributed by atoms with Crippen molar-refractivity contribution in [2.24, 2.45) is 5.92 Å². The van der Waals surface area contributed by atoms with Crippen molar-refractivity contribution in [3.05, 3.63) is 38.9 Å². The summed E-state index contributed by atoms with van der Waals surface area (Å²) in [5.41, 5.74) is -0.271. The van der Waals surface area contributed by atoms with Crippen LogP contribution in [-0.4, -0.2) is 27.9 Å². The predicted molar refractivity (Wildman–Crippen MR) is 74.3 cm³/mol. The maximum Gasteiger partial charge on any atom is 0.308 e. The van der Waals surface area contributed by atoms with E-state index < -0.39 is 28.8 Å². The van der Waals surface area contributed by atoms with E-state index in [1.807, 2.05) is 0 Å². The number of nitrogens with one attached hydrogen (secondary N) is 1. The third-order valence-corrected chi connectivity index (χ3v) is 3.87. The monoisotopic (exact) mass is 312 g/mol. The molecule has 1 saturated carbocycles. The molecule has 2 atom stereocenters. The van der Waals surface area contributed by atoms with E-state index in [9.17, 15) is 19.7 Å². The van der Waals surface area contributed by atoms with E-state index in [4.69, 9.17) is 16.7 Å². The molecule has 0 aliphatic heterocycles. The van der Waals surface area contributed by atoms with Gasteiger partial charge in [-0.25, -0.2) is 0 Å². The number of carboxylic acids is 1. The van der Waals surface area contributed by atoms with Crippen molar-refractivity contribution in [1.29, 1.82) is 0 Å². The van der Waals surface area contributed by atoms with E-state index in [2.05, 4.69) is 5.32 Å². The Morgan fingerprint density at radius 2 is 2.10 bits per heavy atom. The lowest BCUT2D eigenvalue weighted by Gasteiger charge is -2.17. The van der Waals surface area contributed by atoms with Crippen molar-refractivity contribution in [3.8, 4) is 0 Å². The Bertz CT molecular complexity index is 604. The molecule has 1 aromatic rings. The van der Waals surface area contributed by atoms with Crippen LogP contribution in [-0.2, 0) is 4.79 Å². The molecule has 1 aliphatic carbocycles. The number of benzene rings is 1. The SMILES string of the molecule is O=C(NC1CCCC1C(=O)O)c1ccc(Cl)c([N+](=O)[O-])c1. The molecule has 0 aromatic heterocycles. The van der Waals surface area contributed by atoms with Crippen molar-refractivity contribution in [1.82, 2.24) is 5.32 Å². The fourth-order valence-electron chi connectivity index (χ4n) is 2.47. The summed E-state index contributed by atoms with van der Waals surface area (Å²) in [6, 6.07) is 3.28. The van der Waals surface area contributed by atoms with Crippen LogP contribution >= 0.6 is 11.6 Å². The number of nitro benzene ring substituents is 1. The van der Waals surface area contributed by atoms with Gasteiger partial charge in [0, 0.05) is 17.7 Å². The number of hydrogen-bond acceptors (Lipinski definition) is 4. The van der Waals surface area contributed by atoms with Gasteiger partial charge in [-0.15, -0.1) is 0 Å². The second-order valence-corrected chi connectivity index (χ2v) is 5.29. The molecule has 8 heteroatoms. The summed E-state index contributed by atoms with van der Waals surface area (Å²) in [7, 11) is 0. The number of halogens is 1. The van der Waals surface area contributed by atoms with E-state index >= 15 is 0 Å². The summed E-state index contributed by atoms with van der Waals surface area (Å²) < 4.78 is 0. The molecule has 112 valence electrons. The van der Waals surface area contributed by atoms with Gasteiger partial charge in [0.25, 0.3) is 11.6 Å². The summed E-state index contributed by atoms with van der Waals surface area (Å²) in [6.07, 6.45) is 1.82. The highest BCUT2D eigenvalue weighted by Crippen LogP contribution is 2.28. The summed E-state index contributed by atoms with van der Waals surface area (Å²) >= 11 is 5.68. The molecule has 7 nitrogen and oxygen atoms in total. The van der Waals surface area contributed by atoms with Crippen LogP contribution in [0, 0.1) is 16.0 Å². The van der Waals surface area contributed by atoms with Gasteiger partial charge in [-0.05, 0) is 25.0 Å². The maximum atomic E-state index is 12.1. The lowest BCUT2D eigenvalue weighted by molar-refractivity contribution is -0.384. The Morgan fingerprint density at radius 3 is 2.71 bits per heavy atom. The van der Waals surface area contributed by atoms with Crippen LogP contribution in [0.5, 0.6) is 0 Å². The minimum absolute atomic E-state index is 0.0548. The first-order chi connectivity index (χ1) is 9.90. The molecular formula is C13H13ClN2O5. The first-order valence-electron chi connectivity index (χ1n) is 6.37. The van der Waals surface area contributed by atoms with E-state index in [0.717, 1.165) is 12.5 Å². The summed E-state index contributed by atoms with van der Waals surface area (Å²) in [5.74, 6) is -2.09. The Hall–Kier alpha value is -2.15. The number of aliphatic carboxylic acids is 1. The number of nitro groups is 1. The van der Waals surface area contributed by atoms with Crippen LogP contribution in [0.2, 0.25) is 5.02 Å². The molecule has 2 unspecified atom stereocenters. The Kier molecular flexibility index (Phi) is 4.42. The molecule has 1 aliphatic rings. The van der Waals surface area contributed by atoms with Gasteiger partial charge in [0.1, 0.15) is 5.02 Å². The van der Waals surface area contributed by atoms with Gasteiger partial charge in [0.15, 0.2) is 0 Å². The highest BCUT2D eigenvalue weighted by atomic mass is 35.5. The Balaban J connectivity index is 2.15. The maximum absolute atomic E-state index is 12.1. The van der Waals surface area contributed by atoms with Crippen molar-refractivity contribution in [2.75, 3.05) is 0 Å². The quantitative estimate of drug-likeness (QED) is 0.654. The molecule has 0 radical (unpaired) electrons. The summed E-state index contributed by atoms with van der Waals surface area (Å²) in [4.78, 5) is 33.3. The van der Waals surface area contributed by atoms with Gasteiger partial charge in [-0.1, -0.05) is 18.0 Å². The van der Waals surface area contributed by atoms with Crippen molar-refractivity contribution < 1.29 is 19.6 Å². The zero-order chi connectivity index (χ0) is 15.6. The number of carbonyl (C=O) groups is 2. The van der Waals surface area contributed by atoms with Crippen LogP contribution in [0.4, 0.5) is 5.69 Å². The average molecular weight is 313 g/mol. The highest BCUT2D eigenvalue weighted by molar-refractivity contribution is 6.32. The zero-order valence-corrected chi connectivity index (χ0v) is 11.7. The zero-order valence-electron chi connectivity index (χ0n) is 10.9. The van der Waals surface area contributed by atoms with Crippen LogP contribution in [0.25, 0.3) is 0 Å². The smallest absolute Gasteiger partial charge is 0.308 e. The molecular weight excluding hydrogens is 300 g/mol. The lowest BCUT2D eigenvalue weighted by Crippen LogP contribution is -2.40. The van der Waals surface area contributed by atoms with Gasteiger partial charge >= 0.3 is 5.97 Å². The molecule has 1 fully saturated rings. The molecule has 0 heterocycles. The molecule has 0 bridgehead atoms. The molecule has 0 saturated heterocycles. The summed E-state index contributed by atoms with van der Waals surface area (Å²) in [5, 5.41) is 22.4. The van der Waals surface area contributed by atoms with Crippen LogP contribution < -0.4 is 5.32 Å². The van der Waals surface area contributed by atoms with E-state index in [-0.39, 0.29) is 16.3 Å². The minimum Gasteiger partial charge on any atom is -0.481 e. The van der Waals surface area contributed by atoms with Gasteiger partial charge in [0.05, 0.1) is 10.8 Å². The molecule has 2 N–H and O–H groups in total. The van der Waals surface area contributed by atoms with E-state index in [1.54, 1.807) is 0 Å². The normalized spacial score (nSPS) is 21.0. The number of rotatable bonds is 4. The number of hydrogen-bond donors (Lipinski definition) is 2. The van der Waals surface area contributed by atoms with Crippen LogP contribution in [0.3, 0.4) is 0 Å². The van der Waals surface area contributed by atoms with Gasteiger partial charge in [-0.2, -0.15) is 0 Å². The molecule has 1 amide bonds. The van der Waals surface area contributed by atoms with Gasteiger partial charge in [0.2, 0.25) is 0 Å². The number of carbonyl (C=O) groups excluding carboxylic acids is 1. The molecule has 1 aromatic carbocycles. The third kappa shape index (κ3) is 3.30.